The van der Waals surface area contributed by atoms with Gasteiger partial charge < -0.3 is 9.13 Å². The Hall–Kier alpha value is -7.68. The minimum atomic E-state index is 1.20. The van der Waals surface area contributed by atoms with Gasteiger partial charge in [0.05, 0.1) is 11.0 Å². The molecule has 60 heavy (non-hydrogen) atoms. The molecule has 12 rings (SSSR count). The van der Waals surface area contributed by atoms with E-state index in [1.54, 1.807) is 0 Å². The molecular formula is C58H40N2. The van der Waals surface area contributed by atoms with Crippen molar-refractivity contribution in [2.45, 2.75) is 0 Å². The van der Waals surface area contributed by atoms with Crippen LogP contribution in [0.3, 0.4) is 0 Å². The van der Waals surface area contributed by atoms with E-state index in [4.69, 9.17) is 0 Å². The summed E-state index contributed by atoms with van der Waals surface area (Å²) in [4.78, 5) is 0. The SMILES string of the molecule is Cn1c2ccccc2c2cccc(-c3cccc4c(-c5cc(-c6ccccc6)ccc5-c5ccccc5)c5cccc(-c6cccc7c8ccccc8n(C)c67)c5cc34)c21. The van der Waals surface area contributed by atoms with Crippen molar-refractivity contribution < 1.29 is 0 Å². The zero-order valence-corrected chi connectivity index (χ0v) is 33.5. The number of nitrogens with zero attached hydrogens (tertiary/aromatic N) is 2. The van der Waals surface area contributed by atoms with Gasteiger partial charge in [-0.1, -0.05) is 182 Å². The Bertz CT molecular complexity index is 3480. The quantitative estimate of drug-likeness (QED) is 0.155. The summed E-state index contributed by atoms with van der Waals surface area (Å²) in [5, 5.41) is 10.0. The fraction of sp³-hybridized carbons (Fsp3) is 0.0345. The van der Waals surface area contributed by atoms with E-state index in [0.29, 0.717) is 0 Å². The highest BCUT2D eigenvalue weighted by Gasteiger charge is 2.22. The Morgan fingerprint density at radius 3 is 1.22 bits per heavy atom. The Kier molecular flexibility index (Phi) is 7.70. The third-order valence-electron chi connectivity index (χ3n) is 13.0. The molecule has 0 fully saturated rings. The summed E-state index contributed by atoms with van der Waals surface area (Å²) in [5.74, 6) is 0. The van der Waals surface area contributed by atoms with Crippen LogP contribution in [-0.2, 0) is 14.1 Å². The summed E-state index contributed by atoms with van der Waals surface area (Å²) in [7, 11) is 4.42. The normalized spacial score (nSPS) is 11.8. The predicted octanol–water partition coefficient (Wildman–Crippen LogP) is 15.6. The fourth-order valence-electron chi connectivity index (χ4n) is 10.3. The highest BCUT2D eigenvalue weighted by molar-refractivity contribution is 6.24. The maximum atomic E-state index is 2.49. The standard InChI is InChI=1S/C58H40N2/c1-59-54-31-11-9-21-43(54)49-29-15-27-47(57(49)59)41-23-13-25-45-51(41)36-52-42(48-28-16-30-50-44-22-10-12-32-55(44)60(2)58(48)50)24-14-26-46(52)56(45)53-35-39(37-17-5-3-6-18-37)33-34-40(53)38-19-7-4-8-20-38/h3-36H,1-2H3. The Balaban J connectivity index is 1.25. The van der Waals surface area contributed by atoms with Crippen molar-refractivity contribution in [3.63, 3.8) is 0 Å². The second kappa shape index (κ2) is 13.4. The van der Waals surface area contributed by atoms with E-state index in [1.165, 1.54) is 121 Å². The van der Waals surface area contributed by atoms with Gasteiger partial charge in [-0.05, 0) is 90.3 Å². The largest absolute Gasteiger partial charge is 0.343 e. The van der Waals surface area contributed by atoms with Crippen molar-refractivity contribution in [1.82, 2.24) is 9.13 Å². The summed E-state index contributed by atoms with van der Waals surface area (Å²) in [6.45, 7) is 0. The predicted molar refractivity (Wildman–Crippen MR) is 257 cm³/mol. The first-order valence-electron chi connectivity index (χ1n) is 20.8. The van der Waals surface area contributed by atoms with Crippen molar-refractivity contribution in [1.29, 1.82) is 0 Å². The molecule has 0 spiro atoms. The van der Waals surface area contributed by atoms with Crippen LogP contribution in [-0.4, -0.2) is 9.13 Å². The molecule has 0 bridgehead atoms. The smallest absolute Gasteiger partial charge is 0.0568 e. The minimum absolute atomic E-state index is 1.20. The molecule has 0 aliphatic rings. The molecule has 2 nitrogen and oxygen atoms in total. The molecule has 0 radical (unpaired) electrons. The molecular weight excluding hydrogens is 725 g/mol. The van der Waals surface area contributed by atoms with Gasteiger partial charge in [0.1, 0.15) is 0 Å². The van der Waals surface area contributed by atoms with Gasteiger partial charge in [-0.15, -0.1) is 0 Å². The van der Waals surface area contributed by atoms with Crippen molar-refractivity contribution >= 4 is 65.2 Å². The lowest BCUT2D eigenvalue weighted by atomic mass is 9.83. The highest BCUT2D eigenvalue weighted by Crippen LogP contribution is 2.48. The lowest BCUT2D eigenvalue weighted by Crippen LogP contribution is -1.95. The zero-order valence-electron chi connectivity index (χ0n) is 33.5. The number of hydrogen-bond acceptors (Lipinski definition) is 0. The van der Waals surface area contributed by atoms with Gasteiger partial charge >= 0.3 is 0 Å². The molecule has 0 unspecified atom stereocenters. The molecule has 0 saturated carbocycles. The molecule has 2 heterocycles. The first kappa shape index (κ1) is 34.4. The monoisotopic (exact) mass is 764 g/mol. The molecule has 0 atom stereocenters. The molecule has 2 heteroatoms. The average molecular weight is 765 g/mol. The van der Waals surface area contributed by atoms with Gasteiger partial charge in [-0.3, -0.25) is 0 Å². The van der Waals surface area contributed by atoms with E-state index >= 15 is 0 Å². The molecule has 0 aliphatic carbocycles. The second-order valence-electron chi connectivity index (χ2n) is 16.1. The van der Waals surface area contributed by atoms with Gasteiger partial charge in [0, 0.05) is 57.8 Å². The number of benzene rings is 10. The van der Waals surface area contributed by atoms with E-state index in [0.717, 1.165) is 0 Å². The Morgan fingerprint density at radius 1 is 0.250 bits per heavy atom. The molecule has 282 valence electrons. The van der Waals surface area contributed by atoms with Crippen LogP contribution < -0.4 is 0 Å². The number of aryl methyl sites for hydroxylation is 2. The van der Waals surface area contributed by atoms with Gasteiger partial charge in [0.15, 0.2) is 0 Å². The van der Waals surface area contributed by atoms with Gasteiger partial charge in [0.2, 0.25) is 0 Å². The number of para-hydroxylation sites is 4. The molecule has 12 aromatic rings. The van der Waals surface area contributed by atoms with Gasteiger partial charge in [-0.25, -0.2) is 0 Å². The Labute approximate surface area is 348 Å². The lowest BCUT2D eigenvalue weighted by Gasteiger charge is -2.21. The summed E-state index contributed by atoms with van der Waals surface area (Å²) in [5.41, 5.74) is 17.2. The third kappa shape index (κ3) is 5.07. The van der Waals surface area contributed by atoms with Crippen LogP contribution in [0, 0.1) is 0 Å². The highest BCUT2D eigenvalue weighted by atomic mass is 14.9. The van der Waals surface area contributed by atoms with E-state index in [1.807, 2.05) is 0 Å². The second-order valence-corrected chi connectivity index (χ2v) is 16.1. The van der Waals surface area contributed by atoms with E-state index in [2.05, 4.69) is 229 Å². The molecule has 0 amide bonds. The number of fused-ring (bicyclic) bond motifs is 8. The van der Waals surface area contributed by atoms with Crippen LogP contribution in [0.4, 0.5) is 0 Å². The van der Waals surface area contributed by atoms with Crippen LogP contribution >= 0.6 is 0 Å². The van der Waals surface area contributed by atoms with E-state index in [9.17, 15) is 0 Å². The molecule has 2 aromatic heterocycles. The summed E-state index contributed by atoms with van der Waals surface area (Å²) in [6, 6.07) is 76.3. The molecule has 0 saturated heterocycles. The van der Waals surface area contributed by atoms with Crippen molar-refractivity contribution in [3.05, 3.63) is 206 Å². The summed E-state index contributed by atoms with van der Waals surface area (Å²) in [6.07, 6.45) is 0. The maximum absolute atomic E-state index is 2.49. The van der Waals surface area contributed by atoms with Crippen molar-refractivity contribution in [2.24, 2.45) is 14.1 Å². The van der Waals surface area contributed by atoms with Crippen LogP contribution in [0.25, 0.3) is 121 Å². The third-order valence-corrected chi connectivity index (χ3v) is 13.0. The fourth-order valence-corrected chi connectivity index (χ4v) is 10.3. The number of rotatable bonds is 5. The van der Waals surface area contributed by atoms with Crippen LogP contribution in [0.5, 0.6) is 0 Å². The van der Waals surface area contributed by atoms with E-state index in [-0.39, 0.29) is 0 Å². The van der Waals surface area contributed by atoms with Crippen molar-refractivity contribution in [3.8, 4) is 55.6 Å². The first-order chi connectivity index (χ1) is 29.6. The van der Waals surface area contributed by atoms with E-state index < -0.39 is 0 Å². The van der Waals surface area contributed by atoms with Crippen LogP contribution in [0.15, 0.2) is 206 Å². The summed E-state index contributed by atoms with van der Waals surface area (Å²) < 4.78 is 4.76. The number of aromatic nitrogens is 2. The van der Waals surface area contributed by atoms with Gasteiger partial charge in [0.25, 0.3) is 0 Å². The lowest BCUT2D eigenvalue weighted by molar-refractivity contribution is 1.02. The molecule has 0 N–H and O–H groups in total. The van der Waals surface area contributed by atoms with Crippen molar-refractivity contribution in [2.75, 3.05) is 0 Å². The van der Waals surface area contributed by atoms with Gasteiger partial charge in [-0.2, -0.15) is 0 Å². The summed E-state index contributed by atoms with van der Waals surface area (Å²) >= 11 is 0. The Morgan fingerprint density at radius 2 is 0.683 bits per heavy atom. The van der Waals surface area contributed by atoms with Crippen LogP contribution in [0.2, 0.25) is 0 Å². The number of hydrogen-bond donors (Lipinski definition) is 0. The van der Waals surface area contributed by atoms with Crippen LogP contribution in [0.1, 0.15) is 0 Å². The molecule has 0 aliphatic heterocycles. The zero-order chi connectivity index (χ0) is 39.9. The topological polar surface area (TPSA) is 9.86 Å². The molecule has 10 aromatic carbocycles. The first-order valence-corrected chi connectivity index (χ1v) is 20.8. The maximum Gasteiger partial charge on any atom is 0.0568 e. The minimum Gasteiger partial charge on any atom is -0.343 e. The average Bonchev–Trinajstić information content (AvgIpc) is 3.78.